The fourth-order valence-corrected chi connectivity index (χ4v) is 5.93. The first kappa shape index (κ1) is 22.4. The Balaban J connectivity index is 1.43. The van der Waals surface area contributed by atoms with Gasteiger partial charge in [-0.3, -0.25) is 4.79 Å². The van der Waals surface area contributed by atoms with Gasteiger partial charge < -0.3 is 19.8 Å². The first-order valence-corrected chi connectivity index (χ1v) is 12.2. The standard InChI is InChI=1S/C25H27N3O2S2/c1-18(29)26(2)15-16-28-21-14-13-19(30)17-23(21)32-25(28)12-6-4-5-11-24-27(3)20-9-7-8-10-22(20)31-24/h4-14,17,25,30H,15-16H2,1-3H3/b5-4+,12-6+,24-11-. The monoisotopic (exact) mass is 465 g/mol. The molecule has 4 rings (SSSR count). The van der Waals surface area contributed by atoms with Crippen LogP contribution in [0.2, 0.25) is 0 Å². The van der Waals surface area contributed by atoms with E-state index in [0.717, 1.165) is 17.1 Å². The maximum absolute atomic E-state index is 11.6. The molecule has 0 radical (unpaired) electrons. The van der Waals surface area contributed by atoms with Gasteiger partial charge in [-0.15, -0.1) is 0 Å². The van der Waals surface area contributed by atoms with Crippen LogP contribution >= 0.6 is 23.5 Å². The van der Waals surface area contributed by atoms with E-state index in [4.69, 9.17) is 0 Å². The second-order valence-electron chi connectivity index (χ2n) is 7.70. The van der Waals surface area contributed by atoms with E-state index in [0.29, 0.717) is 6.54 Å². The molecule has 0 aromatic heterocycles. The molecule has 1 atom stereocenters. The molecular formula is C25H27N3O2S2. The number of aromatic hydroxyl groups is 1. The maximum Gasteiger partial charge on any atom is 0.219 e. The number of nitrogens with zero attached hydrogens (tertiary/aromatic N) is 3. The lowest BCUT2D eigenvalue weighted by molar-refractivity contribution is -0.127. The van der Waals surface area contributed by atoms with Crippen LogP contribution < -0.4 is 9.80 Å². The van der Waals surface area contributed by atoms with Crippen molar-refractivity contribution in [1.29, 1.82) is 0 Å². The Morgan fingerprint density at radius 1 is 1.12 bits per heavy atom. The van der Waals surface area contributed by atoms with E-state index in [2.05, 4.69) is 65.4 Å². The zero-order chi connectivity index (χ0) is 22.7. The van der Waals surface area contributed by atoms with Crippen molar-refractivity contribution < 1.29 is 9.90 Å². The van der Waals surface area contributed by atoms with Crippen LogP contribution in [-0.4, -0.2) is 48.5 Å². The Morgan fingerprint density at radius 2 is 1.94 bits per heavy atom. The van der Waals surface area contributed by atoms with Crippen LogP contribution in [0.25, 0.3) is 0 Å². The number of allylic oxidation sites excluding steroid dienone is 4. The number of hydrogen-bond donors (Lipinski definition) is 1. The number of amides is 1. The minimum absolute atomic E-state index is 0.0581. The van der Waals surface area contributed by atoms with Crippen molar-refractivity contribution in [3.8, 4) is 5.75 Å². The van der Waals surface area contributed by atoms with E-state index < -0.39 is 0 Å². The molecule has 0 bridgehead atoms. The number of benzene rings is 2. The van der Waals surface area contributed by atoms with Gasteiger partial charge in [-0.1, -0.05) is 60.0 Å². The second kappa shape index (κ2) is 9.79. The lowest BCUT2D eigenvalue weighted by atomic mass is 10.2. The van der Waals surface area contributed by atoms with E-state index in [1.54, 1.807) is 47.5 Å². The zero-order valence-corrected chi connectivity index (χ0v) is 20.1. The zero-order valence-electron chi connectivity index (χ0n) is 18.4. The lowest BCUT2D eigenvalue weighted by Gasteiger charge is -2.27. The number of phenolic OH excluding ortho intramolecular Hbond substituents is 1. The predicted octanol–water partition coefficient (Wildman–Crippen LogP) is 5.30. The van der Waals surface area contributed by atoms with Gasteiger partial charge in [0.25, 0.3) is 0 Å². The molecule has 2 aliphatic rings. The van der Waals surface area contributed by atoms with Gasteiger partial charge >= 0.3 is 0 Å². The number of fused-ring (bicyclic) bond motifs is 2. The van der Waals surface area contributed by atoms with E-state index in [1.807, 2.05) is 19.2 Å². The number of hydrogen-bond acceptors (Lipinski definition) is 6. The summed E-state index contributed by atoms with van der Waals surface area (Å²) in [5, 5.41) is 11.2. The number of rotatable bonds is 6. The third kappa shape index (κ3) is 4.84. The summed E-state index contributed by atoms with van der Waals surface area (Å²) < 4.78 is 0. The summed E-state index contributed by atoms with van der Waals surface area (Å²) in [6.07, 6.45) is 10.5. The third-order valence-electron chi connectivity index (χ3n) is 5.53. The number of carbonyl (C=O) groups excluding carboxylic acids is 1. The van der Waals surface area contributed by atoms with Gasteiger partial charge in [0.05, 0.1) is 21.8 Å². The molecule has 2 heterocycles. The molecule has 1 amide bonds. The molecule has 0 saturated heterocycles. The topological polar surface area (TPSA) is 47.0 Å². The van der Waals surface area contributed by atoms with Crippen molar-refractivity contribution >= 4 is 40.8 Å². The molecule has 0 spiro atoms. The SMILES string of the molecule is CC(=O)N(C)CCN1c2ccc(O)cc2SC1/C=C/C=C/C=C1\Sc2ccccc2N1C. The van der Waals surface area contributed by atoms with Crippen molar-refractivity contribution in [1.82, 2.24) is 4.90 Å². The van der Waals surface area contributed by atoms with Gasteiger partial charge in [-0.05, 0) is 36.4 Å². The van der Waals surface area contributed by atoms with Gasteiger partial charge in [0.15, 0.2) is 0 Å². The van der Waals surface area contributed by atoms with Gasteiger partial charge in [-0.2, -0.15) is 0 Å². The predicted molar refractivity (Wildman–Crippen MR) is 135 cm³/mol. The third-order valence-corrected chi connectivity index (χ3v) is 7.95. The second-order valence-corrected chi connectivity index (χ2v) is 9.92. The van der Waals surface area contributed by atoms with E-state index in [1.165, 1.54) is 15.6 Å². The normalized spacial score (nSPS) is 18.7. The van der Waals surface area contributed by atoms with Gasteiger partial charge in [-0.25, -0.2) is 0 Å². The molecule has 166 valence electrons. The molecule has 2 aromatic rings. The van der Waals surface area contributed by atoms with Crippen molar-refractivity contribution in [3.05, 3.63) is 77.9 Å². The smallest absolute Gasteiger partial charge is 0.219 e. The van der Waals surface area contributed by atoms with Gasteiger partial charge in [0, 0.05) is 43.9 Å². The average molecular weight is 466 g/mol. The number of likely N-dealkylation sites (N-methyl/N-ethyl adjacent to an activating group) is 1. The van der Waals surface area contributed by atoms with Crippen molar-refractivity contribution in [3.63, 3.8) is 0 Å². The van der Waals surface area contributed by atoms with Crippen molar-refractivity contribution in [2.75, 3.05) is 37.0 Å². The summed E-state index contributed by atoms with van der Waals surface area (Å²) >= 11 is 3.48. The Morgan fingerprint density at radius 3 is 2.72 bits per heavy atom. The van der Waals surface area contributed by atoms with Crippen LogP contribution in [-0.2, 0) is 4.79 Å². The minimum Gasteiger partial charge on any atom is -0.508 e. The minimum atomic E-state index is 0.0581. The Bertz CT molecular complexity index is 1100. The fourth-order valence-electron chi connectivity index (χ4n) is 3.60. The summed E-state index contributed by atoms with van der Waals surface area (Å²) in [6, 6.07) is 13.9. The Labute approximate surface area is 198 Å². The molecular weight excluding hydrogens is 438 g/mol. The number of anilines is 2. The molecule has 2 aromatic carbocycles. The summed E-state index contributed by atoms with van der Waals surface area (Å²) in [4.78, 5) is 20.1. The highest BCUT2D eigenvalue weighted by atomic mass is 32.2. The van der Waals surface area contributed by atoms with Crippen LogP contribution in [0.5, 0.6) is 5.75 Å². The summed E-state index contributed by atoms with van der Waals surface area (Å²) in [6.45, 7) is 2.95. The molecule has 0 aliphatic carbocycles. The Kier molecular flexibility index (Phi) is 6.86. The average Bonchev–Trinajstić information content (AvgIpc) is 3.28. The van der Waals surface area contributed by atoms with Gasteiger partial charge in [0.1, 0.15) is 5.75 Å². The van der Waals surface area contributed by atoms with Crippen LogP contribution in [0.15, 0.2) is 87.7 Å². The van der Waals surface area contributed by atoms with Gasteiger partial charge in [0.2, 0.25) is 5.91 Å². The maximum atomic E-state index is 11.6. The van der Waals surface area contributed by atoms with Crippen molar-refractivity contribution in [2.24, 2.45) is 0 Å². The van der Waals surface area contributed by atoms with Crippen LogP contribution in [0.4, 0.5) is 11.4 Å². The van der Waals surface area contributed by atoms with Crippen LogP contribution in [0.3, 0.4) is 0 Å². The number of carbonyl (C=O) groups is 1. The first-order chi connectivity index (χ1) is 15.4. The molecule has 2 aliphatic heterocycles. The van der Waals surface area contributed by atoms with Crippen LogP contribution in [0, 0.1) is 0 Å². The van der Waals surface area contributed by atoms with E-state index in [-0.39, 0.29) is 17.0 Å². The van der Waals surface area contributed by atoms with E-state index in [9.17, 15) is 9.90 Å². The molecule has 32 heavy (non-hydrogen) atoms. The van der Waals surface area contributed by atoms with Crippen molar-refractivity contribution in [2.45, 2.75) is 22.1 Å². The molecule has 1 unspecified atom stereocenters. The Hall–Kier alpha value is -2.77. The molecule has 0 fully saturated rings. The summed E-state index contributed by atoms with van der Waals surface area (Å²) in [5.74, 6) is 0.329. The molecule has 0 saturated carbocycles. The molecule has 5 nitrogen and oxygen atoms in total. The highest BCUT2D eigenvalue weighted by Crippen LogP contribution is 2.46. The first-order valence-electron chi connectivity index (χ1n) is 10.5. The van der Waals surface area contributed by atoms with E-state index >= 15 is 0 Å². The lowest BCUT2D eigenvalue weighted by Crippen LogP contribution is -2.37. The largest absolute Gasteiger partial charge is 0.508 e. The highest BCUT2D eigenvalue weighted by Gasteiger charge is 2.28. The summed E-state index contributed by atoms with van der Waals surface area (Å²) in [7, 11) is 3.91. The number of para-hydroxylation sites is 1. The molecule has 1 N–H and O–H groups in total. The molecule has 7 heteroatoms. The quantitative estimate of drug-likeness (QED) is 0.584. The number of phenols is 1. The summed E-state index contributed by atoms with van der Waals surface area (Å²) in [5.41, 5.74) is 2.33. The highest BCUT2D eigenvalue weighted by molar-refractivity contribution is 8.03. The number of thioether (sulfide) groups is 2. The van der Waals surface area contributed by atoms with Crippen LogP contribution in [0.1, 0.15) is 6.92 Å². The fraction of sp³-hybridized carbons (Fsp3) is 0.240.